The Labute approximate surface area is 83.9 Å². The van der Waals surface area contributed by atoms with E-state index in [0.717, 1.165) is 13.1 Å². The van der Waals surface area contributed by atoms with Gasteiger partial charge in [0.25, 0.3) is 0 Å². The van der Waals surface area contributed by atoms with Gasteiger partial charge in [0.15, 0.2) is 0 Å². The summed E-state index contributed by atoms with van der Waals surface area (Å²) in [5.41, 5.74) is 1.88. The summed E-state index contributed by atoms with van der Waals surface area (Å²) >= 11 is 0. The molecule has 3 rings (SSSR count). The van der Waals surface area contributed by atoms with E-state index in [9.17, 15) is 0 Å². The van der Waals surface area contributed by atoms with Crippen molar-refractivity contribution in [3.8, 4) is 0 Å². The van der Waals surface area contributed by atoms with Crippen molar-refractivity contribution in [2.45, 2.75) is 26.8 Å². The van der Waals surface area contributed by atoms with Crippen molar-refractivity contribution < 1.29 is 0 Å². The Morgan fingerprint density at radius 1 is 1.43 bits per heavy atom. The second kappa shape index (κ2) is 2.44. The molecule has 74 valence electrons. The van der Waals surface area contributed by atoms with Gasteiger partial charge in [0.05, 0.1) is 5.35 Å². The molecule has 1 N–H and O–H groups in total. The molecule has 2 nitrogen and oxygen atoms in total. The highest BCUT2D eigenvalue weighted by atomic mass is 15.0. The van der Waals surface area contributed by atoms with Gasteiger partial charge in [-0.15, -0.1) is 0 Å². The van der Waals surface area contributed by atoms with Crippen molar-refractivity contribution in [2.75, 3.05) is 6.54 Å². The number of fused-ring (bicyclic) bond motifs is 3. The van der Waals surface area contributed by atoms with Crippen LogP contribution in [0.15, 0.2) is 6.07 Å². The van der Waals surface area contributed by atoms with E-state index >= 15 is 0 Å². The van der Waals surface area contributed by atoms with Crippen LogP contribution in [0.2, 0.25) is 0 Å². The summed E-state index contributed by atoms with van der Waals surface area (Å²) in [6.45, 7) is 6.78. The topological polar surface area (TPSA) is 17.0 Å². The molecule has 0 saturated carbocycles. The number of nitrogens with one attached hydrogen (secondary N) is 1. The van der Waals surface area contributed by atoms with Crippen LogP contribution in [0.3, 0.4) is 0 Å². The normalized spacial score (nSPS) is 21.6. The first kappa shape index (κ1) is 8.16. The van der Waals surface area contributed by atoms with Crippen LogP contribution in [-0.2, 0) is 13.0 Å². The van der Waals surface area contributed by atoms with Gasteiger partial charge in [0.2, 0.25) is 0 Å². The fraction of sp³-hybridized carbons (Fsp3) is 0.500. The van der Waals surface area contributed by atoms with Gasteiger partial charge in [-0.1, -0.05) is 19.9 Å². The van der Waals surface area contributed by atoms with Crippen molar-refractivity contribution in [3.63, 3.8) is 0 Å². The molecular weight excluding hydrogens is 172 g/mol. The third-order valence-corrected chi connectivity index (χ3v) is 3.16. The van der Waals surface area contributed by atoms with E-state index in [1.807, 2.05) is 0 Å². The molecule has 2 heterocycles. The number of rotatable bonds is 0. The molecule has 14 heavy (non-hydrogen) atoms. The number of nitrogens with zero attached hydrogens (tertiary/aromatic N) is 1. The zero-order valence-corrected chi connectivity index (χ0v) is 8.80. The zero-order chi connectivity index (χ0) is 9.76. The Balaban J connectivity index is 2.30. The van der Waals surface area contributed by atoms with Gasteiger partial charge in [-0.3, -0.25) is 0 Å². The summed E-state index contributed by atoms with van der Waals surface area (Å²) < 4.78 is 2.43. The Morgan fingerprint density at radius 3 is 3.14 bits per heavy atom. The largest absolute Gasteiger partial charge is 0.387 e. The van der Waals surface area contributed by atoms with Gasteiger partial charge in [-0.25, -0.2) is 0 Å². The lowest BCUT2D eigenvalue weighted by Crippen LogP contribution is -2.36. The minimum Gasteiger partial charge on any atom is -0.387 e. The van der Waals surface area contributed by atoms with Crippen molar-refractivity contribution in [2.24, 2.45) is 5.41 Å². The van der Waals surface area contributed by atoms with Gasteiger partial charge in [-0.05, 0) is 23.5 Å². The first-order valence-electron chi connectivity index (χ1n) is 5.31. The third-order valence-electron chi connectivity index (χ3n) is 3.16. The first-order chi connectivity index (χ1) is 6.66. The minimum atomic E-state index is 0.359. The SMILES string of the molecule is CC1(C)C=c2c(cc3n2CCNC=3)C1. The van der Waals surface area contributed by atoms with E-state index in [0.29, 0.717) is 5.41 Å². The highest BCUT2D eigenvalue weighted by Gasteiger charge is 2.24. The van der Waals surface area contributed by atoms with Gasteiger partial charge >= 0.3 is 0 Å². The quantitative estimate of drug-likeness (QED) is 0.615. The summed E-state index contributed by atoms with van der Waals surface area (Å²) in [6, 6.07) is 2.33. The average molecular weight is 188 g/mol. The van der Waals surface area contributed by atoms with Gasteiger partial charge in [0, 0.05) is 24.6 Å². The van der Waals surface area contributed by atoms with Crippen LogP contribution in [0.25, 0.3) is 12.3 Å². The monoisotopic (exact) mass is 188 g/mol. The van der Waals surface area contributed by atoms with Crippen LogP contribution in [0, 0.1) is 5.41 Å². The lowest BCUT2D eigenvalue weighted by atomic mass is 9.92. The zero-order valence-electron chi connectivity index (χ0n) is 8.80. The van der Waals surface area contributed by atoms with E-state index in [2.05, 4.69) is 42.1 Å². The van der Waals surface area contributed by atoms with E-state index in [1.54, 1.807) is 0 Å². The van der Waals surface area contributed by atoms with Crippen LogP contribution in [0.1, 0.15) is 19.4 Å². The standard InChI is InChI=1S/C12H16N2/c1-12(2)6-9-5-10-8-13-3-4-14(10)11(9)7-12/h5,7-8,13H,3-4,6H2,1-2H3. The minimum absolute atomic E-state index is 0.359. The Bertz CT molecular complexity index is 491. The van der Waals surface area contributed by atoms with Crippen molar-refractivity contribution in [1.82, 2.24) is 9.88 Å². The van der Waals surface area contributed by atoms with Crippen LogP contribution < -0.4 is 16.0 Å². The molecule has 1 aliphatic heterocycles. The fourth-order valence-electron chi connectivity index (χ4n) is 2.59. The third kappa shape index (κ3) is 1.03. The molecule has 0 aromatic carbocycles. The molecule has 0 saturated heterocycles. The molecule has 2 heteroatoms. The molecule has 0 amide bonds. The predicted octanol–water partition coefficient (Wildman–Crippen LogP) is 0.192. The molecular formula is C12H16N2. The van der Waals surface area contributed by atoms with Crippen LogP contribution >= 0.6 is 0 Å². The maximum absolute atomic E-state index is 3.29. The smallest absolute Gasteiger partial charge is 0.0574 e. The first-order valence-corrected chi connectivity index (χ1v) is 5.31. The molecule has 2 aliphatic rings. The van der Waals surface area contributed by atoms with E-state index in [1.165, 1.54) is 22.7 Å². The van der Waals surface area contributed by atoms with Gasteiger partial charge in [0.1, 0.15) is 0 Å². The van der Waals surface area contributed by atoms with Crippen LogP contribution in [0.5, 0.6) is 0 Å². The summed E-state index contributed by atoms with van der Waals surface area (Å²) in [7, 11) is 0. The molecule has 1 aliphatic carbocycles. The second-order valence-corrected chi connectivity index (χ2v) is 5.04. The molecule has 0 unspecified atom stereocenters. The van der Waals surface area contributed by atoms with E-state index in [-0.39, 0.29) is 0 Å². The summed E-state index contributed by atoms with van der Waals surface area (Å²) in [5, 5.41) is 6.09. The summed E-state index contributed by atoms with van der Waals surface area (Å²) in [5.74, 6) is 0. The Hall–Kier alpha value is -1.18. The lowest BCUT2D eigenvalue weighted by molar-refractivity contribution is 0.528. The average Bonchev–Trinajstić information content (AvgIpc) is 2.56. The number of hydrogen-bond donors (Lipinski definition) is 1. The molecule has 0 fully saturated rings. The van der Waals surface area contributed by atoms with Crippen molar-refractivity contribution in [3.05, 3.63) is 22.3 Å². The maximum Gasteiger partial charge on any atom is 0.0574 e. The number of aromatic nitrogens is 1. The lowest BCUT2D eigenvalue weighted by Gasteiger charge is -2.14. The van der Waals surface area contributed by atoms with Crippen molar-refractivity contribution >= 4 is 12.3 Å². The molecule has 1 aromatic heterocycles. The van der Waals surface area contributed by atoms with Crippen LogP contribution in [0.4, 0.5) is 0 Å². The molecule has 0 spiro atoms. The van der Waals surface area contributed by atoms with Gasteiger partial charge < -0.3 is 9.88 Å². The van der Waals surface area contributed by atoms with Crippen molar-refractivity contribution in [1.29, 1.82) is 0 Å². The molecule has 0 atom stereocenters. The van der Waals surface area contributed by atoms with Gasteiger partial charge in [-0.2, -0.15) is 0 Å². The summed E-state index contributed by atoms with van der Waals surface area (Å²) in [4.78, 5) is 0. The highest BCUT2D eigenvalue weighted by Crippen LogP contribution is 2.26. The Morgan fingerprint density at radius 2 is 2.29 bits per heavy atom. The molecule has 0 bridgehead atoms. The van der Waals surface area contributed by atoms with E-state index < -0.39 is 0 Å². The predicted molar refractivity (Wildman–Crippen MR) is 58.1 cm³/mol. The molecule has 1 aromatic rings. The summed E-state index contributed by atoms with van der Waals surface area (Å²) in [6.07, 6.45) is 5.74. The number of hydrogen-bond acceptors (Lipinski definition) is 1. The molecule has 0 radical (unpaired) electrons. The van der Waals surface area contributed by atoms with Crippen LogP contribution in [-0.4, -0.2) is 11.1 Å². The fourth-order valence-corrected chi connectivity index (χ4v) is 2.59. The Kier molecular flexibility index (Phi) is 1.42. The highest BCUT2D eigenvalue weighted by molar-refractivity contribution is 5.43. The van der Waals surface area contributed by atoms with E-state index in [4.69, 9.17) is 0 Å². The maximum atomic E-state index is 3.29. The second-order valence-electron chi connectivity index (χ2n) is 5.04.